The van der Waals surface area contributed by atoms with Gasteiger partial charge >= 0.3 is 0 Å². The summed E-state index contributed by atoms with van der Waals surface area (Å²) in [6.07, 6.45) is 5.22. The lowest BCUT2D eigenvalue weighted by Gasteiger charge is -2.37. The van der Waals surface area contributed by atoms with E-state index >= 15 is 0 Å². The first-order valence-electron chi connectivity index (χ1n) is 5.63. The van der Waals surface area contributed by atoms with Gasteiger partial charge in [0.25, 0.3) is 0 Å². The van der Waals surface area contributed by atoms with Crippen LogP contribution in [0.1, 0.15) is 31.4 Å². The highest BCUT2D eigenvalue weighted by Crippen LogP contribution is 2.31. The summed E-state index contributed by atoms with van der Waals surface area (Å²) in [6.45, 7) is 0.482. The predicted molar refractivity (Wildman–Crippen MR) is 61.5 cm³/mol. The van der Waals surface area contributed by atoms with Gasteiger partial charge in [-0.1, -0.05) is 6.07 Å². The van der Waals surface area contributed by atoms with Crippen LogP contribution in [0, 0.1) is 0 Å². The van der Waals surface area contributed by atoms with Crippen molar-refractivity contribution in [3.8, 4) is 0 Å². The summed E-state index contributed by atoms with van der Waals surface area (Å²) in [4.78, 5) is 15.7. The van der Waals surface area contributed by atoms with Crippen LogP contribution in [0.3, 0.4) is 0 Å². The van der Waals surface area contributed by atoms with E-state index in [2.05, 4.69) is 10.3 Å². The van der Waals surface area contributed by atoms with Gasteiger partial charge in [-0.05, 0) is 31.4 Å². The number of nitrogens with zero attached hydrogens (tertiary/aromatic N) is 1. The van der Waals surface area contributed by atoms with E-state index in [1.807, 2.05) is 18.2 Å². The maximum absolute atomic E-state index is 11.6. The van der Waals surface area contributed by atoms with Gasteiger partial charge in [0.05, 0.1) is 12.2 Å². The first-order valence-corrected chi connectivity index (χ1v) is 5.63. The lowest BCUT2D eigenvalue weighted by molar-refractivity contribution is -0.123. The zero-order valence-electron chi connectivity index (χ0n) is 9.28. The number of amides is 1. The van der Waals surface area contributed by atoms with Crippen LogP contribution in [-0.4, -0.2) is 16.4 Å². The molecule has 1 amide bonds. The van der Waals surface area contributed by atoms with Crippen molar-refractivity contribution in [2.45, 2.75) is 37.8 Å². The maximum Gasteiger partial charge on any atom is 0.222 e. The molecule has 4 nitrogen and oxygen atoms in total. The van der Waals surface area contributed by atoms with Crippen molar-refractivity contribution in [3.05, 3.63) is 30.1 Å². The quantitative estimate of drug-likeness (QED) is 0.792. The topological polar surface area (TPSA) is 68.0 Å². The molecule has 0 bridgehead atoms. The van der Waals surface area contributed by atoms with E-state index in [1.54, 1.807) is 6.20 Å². The van der Waals surface area contributed by atoms with Gasteiger partial charge in [-0.3, -0.25) is 9.78 Å². The second-order valence-corrected chi connectivity index (χ2v) is 4.49. The number of rotatable bonds is 4. The van der Waals surface area contributed by atoms with Gasteiger partial charge in [-0.15, -0.1) is 0 Å². The minimum Gasteiger partial charge on any atom is -0.350 e. The van der Waals surface area contributed by atoms with Crippen molar-refractivity contribution in [2.24, 2.45) is 5.73 Å². The number of nitrogens with one attached hydrogen (secondary N) is 1. The van der Waals surface area contributed by atoms with Crippen molar-refractivity contribution in [1.29, 1.82) is 0 Å². The number of pyridine rings is 1. The van der Waals surface area contributed by atoms with Crippen LogP contribution < -0.4 is 11.1 Å². The molecule has 1 fully saturated rings. The molecule has 86 valence electrons. The van der Waals surface area contributed by atoms with Crippen LogP contribution in [-0.2, 0) is 11.3 Å². The summed E-state index contributed by atoms with van der Waals surface area (Å²) in [5.41, 5.74) is 6.63. The Labute approximate surface area is 95.3 Å². The number of aromatic nitrogens is 1. The number of carbonyl (C=O) groups excluding carboxylic acids is 1. The molecule has 0 aliphatic heterocycles. The Bertz CT molecular complexity index is 360. The highest BCUT2D eigenvalue weighted by molar-refractivity contribution is 5.77. The second kappa shape index (κ2) is 4.61. The summed E-state index contributed by atoms with van der Waals surface area (Å²) >= 11 is 0. The van der Waals surface area contributed by atoms with Crippen LogP contribution in [0.2, 0.25) is 0 Å². The van der Waals surface area contributed by atoms with E-state index in [-0.39, 0.29) is 11.4 Å². The van der Waals surface area contributed by atoms with Crippen molar-refractivity contribution in [1.82, 2.24) is 10.3 Å². The molecule has 1 aliphatic rings. The van der Waals surface area contributed by atoms with Gasteiger partial charge in [0.15, 0.2) is 0 Å². The van der Waals surface area contributed by atoms with Crippen LogP contribution in [0.15, 0.2) is 24.4 Å². The monoisotopic (exact) mass is 219 g/mol. The Balaban J connectivity index is 1.76. The van der Waals surface area contributed by atoms with Crippen molar-refractivity contribution < 1.29 is 4.79 Å². The molecule has 0 saturated heterocycles. The molecule has 3 N–H and O–H groups in total. The molecule has 0 unspecified atom stereocenters. The predicted octanol–water partition coefficient (Wildman–Crippen LogP) is 0.969. The molecular formula is C12H17N3O. The molecule has 16 heavy (non-hydrogen) atoms. The maximum atomic E-state index is 11.6. The smallest absolute Gasteiger partial charge is 0.222 e. The first kappa shape index (κ1) is 11.1. The molecule has 1 saturated carbocycles. The third kappa shape index (κ3) is 2.79. The largest absolute Gasteiger partial charge is 0.350 e. The molecule has 0 radical (unpaired) electrons. The molecular weight excluding hydrogens is 202 g/mol. The lowest BCUT2D eigenvalue weighted by Crippen LogP contribution is -2.49. The van der Waals surface area contributed by atoms with E-state index in [0.29, 0.717) is 13.0 Å². The van der Waals surface area contributed by atoms with Gasteiger partial charge in [0.2, 0.25) is 5.91 Å². The number of hydrogen-bond donors (Lipinski definition) is 2. The third-order valence-corrected chi connectivity index (χ3v) is 3.05. The van der Waals surface area contributed by atoms with Gasteiger partial charge < -0.3 is 11.1 Å². The molecule has 0 spiro atoms. The summed E-state index contributed by atoms with van der Waals surface area (Å²) < 4.78 is 0. The van der Waals surface area contributed by atoms with Crippen LogP contribution in [0.25, 0.3) is 0 Å². The Morgan fingerprint density at radius 1 is 1.50 bits per heavy atom. The Morgan fingerprint density at radius 2 is 2.31 bits per heavy atom. The molecule has 1 aliphatic carbocycles. The third-order valence-electron chi connectivity index (χ3n) is 3.05. The normalized spacial score (nSPS) is 17.6. The second-order valence-electron chi connectivity index (χ2n) is 4.49. The van der Waals surface area contributed by atoms with Gasteiger partial charge in [-0.25, -0.2) is 0 Å². The highest BCUT2D eigenvalue weighted by atomic mass is 16.1. The van der Waals surface area contributed by atoms with Gasteiger partial charge in [0, 0.05) is 18.2 Å². The fourth-order valence-electron chi connectivity index (χ4n) is 1.88. The Morgan fingerprint density at radius 3 is 2.88 bits per heavy atom. The average molecular weight is 219 g/mol. The van der Waals surface area contributed by atoms with Crippen LogP contribution in [0.4, 0.5) is 0 Å². The van der Waals surface area contributed by atoms with Crippen LogP contribution >= 0.6 is 0 Å². The molecule has 1 aromatic heterocycles. The number of hydrogen-bond acceptors (Lipinski definition) is 3. The number of nitrogens with two attached hydrogens (primary N) is 1. The van der Waals surface area contributed by atoms with E-state index in [0.717, 1.165) is 25.0 Å². The summed E-state index contributed by atoms with van der Waals surface area (Å²) in [6, 6.07) is 5.65. The highest BCUT2D eigenvalue weighted by Gasteiger charge is 2.34. The standard InChI is InChI=1S/C12H17N3O/c13-12(5-3-6-12)8-11(16)15-9-10-4-1-2-7-14-10/h1-2,4,7H,3,5-6,8-9,13H2,(H,15,16). The Kier molecular flexibility index (Phi) is 3.19. The molecule has 0 aromatic carbocycles. The fourth-order valence-corrected chi connectivity index (χ4v) is 1.88. The lowest BCUT2D eigenvalue weighted by atomic mass is 9.75. The minimum atomic E-state index is -0.242. The molecule has 2 rings (SSSR count). The number of carbonyl (C=O) groups is 1. The molecule has 1 aromatic rings. The van der Waals surface area contributed by atoms with E-state index < -0.39 is 0 Å². The summed E-state index contributed by atoms with van der Waals surface area (Å²) in [5.74, 6) is 0.0212. The summed E-state index contributed by atoms with van der Waals surface area (Å²) in [7, 11) is 0. The first-order chi connectivity index (χ1) is 7.68. The van der Waals surface area contributed by atoms with E-state index in [9.17, 15) is 4.79 Å². The van der Waals surface area contributed by atoms with Crippen molar-refractivity contribution in [3.63, 3.8) is 0 Å². The molecule has 1 heterocycles. The zero-order valence-corrected chi connectivity index (χ0v) is 9.28. The molecule has 4 heteroatoms. The van der Waals surface area contributed by atoms with Crippen molar-refractivity contribution >= 4 is 5.91 Å². The van der Waals surface area contributed by atoms with Gasteiger partial charge in [-0.2, -0.15) is 0 Å². The zero-order chi connectivity index (χ0) is 11.4. The molecule has 0 atom stereocenters. The average Bonchev–Trinajstić information content (AvgIpc) is 2.26. The SMILES string of the molecule is NC1(CC(=O)NCc2ccccn2)CCC1. The fraction of sp³-hybridized carbons (Fsp3) is 0.500. The minimum absolute atomic E-state index is 0.0212. The van der Waals surface area contributed by atoms with Crippen LogP contribution in [0.5, 0.6) is 0 Å². The van der Waals surface area contributed by atoms with E-state index in [1.165, 1.54) is 0 Å². The summed E-state index contributed by atoms with van der Waals surface area (Å²) in [5, 5.41) is 2.84. The Hall–Kier alpha value is -1.42. The van der Waals surface area contributed by atoms with E-state index in [4.69, 9.17) is 5.73 Å². The van der Waals surface area contributed by atoms with Gasteiger partial charge in [0.1, 0.15) is 0 Å². The van der Waals surface area contributed by atoms with Crippen molar-refractivity contribution in [2.75, 3.05) is 0 Å².